The molecule has 3 rings (SSSR count). The van der Waals surface area contributed by atoms with Crippen LogP contribution in [0.15, 0.2) is 35.6 Å². The Labute approximate surface area is 188 Å². The third-order valence-electron chi connectivity index (χ3n) is 4.64. The van der Waals surface area contributed by atoms with Gasteiger partial charge in [0.25, 0.3) is 0 Å². The predicted molar refractivity (Wildman–Crippen MR) is 125 cm³/mol. The molecule has 9 heteroatoms. The summed E-state index contributed by atoms with van der Waals surface area (Å²) in [7, 11) is 5.81. The second-order valence-corrected chi connectivity index (χ2v) is 7.08. The van der Waals surface area contributed by atoms with Gasteiger partial charge in [0, 0.05) is 58.9 Å². The van der Waals surface area contributed by atoms with Crippen molar-refractivity contribution in [3.63, 3.8) is 0 Å². The molecular formula is C19H28ClIN6O. The average Bonchev–Trinajstić information content (AvgIpc) is 3.00. The minimum Gasteiger partial charge on any atom is -0.378 e. The van der Waals surface area contributed by atoms with E-state index in [9.17, 15) is 0 Å². The maximum Gasteiger partial charge on any atom is 0.194 e. The largest absolute Gasteiger partial charge is 0.378 e. The van der Waals surface area contributed by atoms with E-state index in [1.165, 1.54) is 5.56 Å². The van der Waals surface area contributed by atoms with Crippen LogP contribution in [0.4, 0.5) is 5.82 Å². The van der Waals surface area contributed by atoms with Gasteiger partial charge in [-0.15, -0.1) is 24.0 Å². The SMILES string of the molecule is CN=C(NCc1ccnc(N2CCOCC2)c1)N(C)Cc1cc(Cl)cn1C.I. The topological polar surface area (TPSA) is 57.9 Å². The number of nitrogens with zero attached hydrogens (tertiary/aromatic N) is 5. The summed E-state index contributed by atoms with van der Waals surface area (Å²) in [5.74, 6) is 1.83. The lowest BCUT2D eigenvalue weighted by Crippen LogP contribution is -2.38. The van der Waals surface area contributed by atoms with E-state index >= 15 is 0 Å². The number of hydrogen-bond acceptors (Lipinski definition) is 4. The summed E-state index contributed by atoms with van der Waals surface area (Å²) in [6, 6.07) is 6.13. The fourth-order valence-corrected chi connectivity index (χ4v) is 3.42. The summed E-state index contributed by atoms with van der Waals surface area (Å²) in [6.07, 6.45) is 3.77. The van der Waals surface area contributed by atoms with Gasteiger partial charge in [-0.3, -0.25) is 4.99 Å². The van der Waals surface area contributed by atoms with Gasteiger partial charge in [-0.25, -0.2) is 4.98 Å². The van der Waals surface area contributed by atoms with E-state index in [2.05, 4.69) is 31.2 Å². The minimum absolute atomic E-state index is 0. The first-order valence-corrected chi connectivity index (χ1v) is 9.45. The lowest BCUT2D eigenvalue weighted by molar-refractivity contribution is 0.122. The van der Waals surface area contributed by atoms with E-state index in [0.29, 0.717) is 6.54 Å². The van der Waals surface area contributed by atoms with Crippen molar-refractivity contribution in [2.24, 2.45) is 12.0 Å². The van der Waals surface area contributed by atoms with E-state index in [1.54, 1.807) is 7.05 Å². The highest BCUT2D eigenvalue weighted by Gasteiger charge is 2.13. The summed E-state index contributed by atoms with van der Waals surface area (Å²) in [6.45, 7) is 4.68. The number of morpholine rings is 1. The lowest BCUT2D eigenvalue weighted by atomic mass is 10.2. The van der Waals surface area contributed by atoms with E-state index < -0.39 is 0 Å². The van der Waals surface area contributed by atoms with Crippen LogP contribution in [0.5, 0.6) is 0 Å². The van der Waals surface area contributed by atoms with Crippen molar-refractivity contribution in [3.8, 4) is 0 Å². The van der Waals surface area contributed by atoms with Gasteiger partial charge in [-0.05, 0) is 23.8 Å². The van der Waals surface area contributed by atoms with Crippen LogP contribution in [0.3, 0.4) is 0 Å². The average molecular weight is 519 g/mol. The molecule has 1 fully saturated rings. The molecule has 2 aromatic heterocycles. The standard InChI is InChI=1S/C19H27ClN6O.HI/c1-21-19(25(3)14-17-11-16(20)13-24(17)2)23-12-15-4-5-22-18(10-15)26-6-8-27-9-7-26;/h4-5,10-11,13H,6-9,12,14H2,1-3H3,(H,21,23);1H. The van der Waals surface area contributed by atoms with Gasteiger partial charge in [-0.1, -0.05) is 11.6 Å². The summed E-state index contributed by atoms with van der Waals surface area (Å²) in [5, 5.41) is 4.17. The second-order valence-electron chi connectivity index (χ2n) is 6.64. The van der Waals surface area contributed by atoms with Crippen molar-refractivity contribution in [3.05, 3.63) is 46.9 Å². The van der Waals surface area contributed by atoms with Crippen molar-refractivity contribution in [1.29, 1.82) is 0 Å². The highest BCUT2D eigenvalue weighted by molar-refractivity contribution is 14.0. The Bertz CT molecular complexity index is 790. The van der Waals surface area contributed by atoms with Gasteiger partial charge in [0.1, 0.15) is 5.82 Å². The third kappa shape index (κ3) is 5.99. The molecular weight excluding hydrogens is 491 g/mol. The first-order chi connectivity index (χ1) is 13.1. The quantitative estimate of drug-likeness (QED) is 0.375. The predicted octanol–water partition coefficient (Wildman–Crippen LogP) is 2.74. The summed E-state index contributed by atoms with van der Waals surface area (Å²) in [5.41, 5.74) is 2.30. The molecule has 0 aromatic carbocycles. The highest BCUT2D eigenvalue weighted by atomic mass is 127. The molecule has 0 saturated carbocycles. The molecule has 28 heavy (non-hydrogen) atoms. The van der Waals surface area contributed by atoms with Crippen LogP contribution >= 0.6 is 35.6 Å². The van der Waals surface area contributed by atoms with E-state index in [0.717, 1.165) is 55.3 Å². The summed E-state index contributed by atoms with van der Waals surface area (Å²) < 4.78 is 7.45. The van der Waals surface area contributed by atoms with Gasteiger partial charge in [0.2, 0.25) is 0 Å². The van der Waals surface area contributed by atoms with Crippen molar-refractivity contribution in [2.75, 3.05) is 45.3 Å². The fraction of sp³-hybridized carbons (Fsp3) is 0.474. The smallest absolute Gasteiger partial charge is 0.194 e. The van der Waals surface area contributed by atoms with Crippen LogP contribution in [0.2, 0.25) is 5.02 Å². The van der Waals surface area contributed by atoms with Crippen LogP contribution in [0, 0.1) is 0 Å². The van der Waals surface area contributed by atoms with Crippen molar-refractivity contribution < 1.29 is 4.74 Å². The molecule has 154 valence electrons. The van der Waals surface area contributed by atoms with Crippen LogP contribution in [0.1, 0.15) is 11.3 Å². The number of rotatable bonds is 5. The zero-order chi connectivity index (χ0) is 19.2. The van der Waals surface area contributed by atoms with Crippen molar-refractivity contribution in [2.45, 2.75) is 13.1 Å². The Morgan fingerprint density at radius 2 is 2.11 bits per heavy atom. The number of guanidine groups is 1. The van der Waals surface area contributed by atoms with Crippen LogP contribution in [-0.4, -0.2) is 60.8 Å². The number of halogens is 2. The van der Waals surface area contributed by atoms with Crippen molar-refractivity contribution in [1.82, 2.24) is 19.8 Å². The van der Waals surface area contributed by atoms with E-state index in [1.807, 2.05) is 43.2 Å². The molecule has 3 heterocycles. The van der Waals surface area contributed by atoms with Gasteiger partial charge in [0.15, 0.2) is 5.96 Å². The number of aliphatic imine (C=N–C) groups is 1. The molecule has 1 N–H and O–H groups in total. The van der Waals surface area contributed by atoms with Gasteiger partial charge < -0.3 is 24.4 Å². The van der Waals surface area contributed by atoms with Crippen molar-refractivity contribution >= 4 is 47.4 Å². The molecule has 1 saturated heterocycles. The molecule has 0 amide bonds. The number of ether oxygens (including phenoxy) is 1. The molecule has 2 aromatic rings. The molecule has 0 aliphatic carbocycles. The second kappa shape index (κ2) is 10.9. The van der Waals surface area contributed by atoms with Crippen LogP contribution < -0.4 is 10.2 Å². The van der Waals surface area contributed by atoms with Gasteiger partial charge in [-0.2, -0.15) is 0 Å². The van der Waals surface area contributed by atoms with Crippen LogP contribution in [-0.2, 0) is 24.9 Å². The Kier molecular flexibility index (Phi) is 8.84. The molecule has 0 bridgehead atoms. The molecule has 1 aliphatic heterocycles. The molecule has 0 atom stereocenters. The number of nitrogens with one attached hydrogen (secondary N) is 1. The maximum atomic E-state index is 6.08. The Morgan fingerprint density at radius 3 is 2.75 bits per heavy atom. The molecule has 0 unspecified atom stereocenters. The third-order valence-corrected chi connectivity index (χ3v) is 4.85. The Hall–Kier alpha value is -1.52. The molecule has 1 aliphatic rings. The van der Waals surface area contributed by atoms with E-state index in [-0.39, 0.29) is 24.0 Å². The Balaban J connectivity index is 0.00000280. The van der Waals surface area contributed by atoms with Gasteiger partial charge in [0.05, 0.1) is 24.8 Å². The first kappa shape index (κ1) is 22.8. The van der Waals surface area contributed by atoms with E-state index in [4.69, 9.17) is 16.3 Å². The lowest BCUT2D eigenvalue weighted by Gasteiger charge is -2.28. The maximum absolute atomic E-state index is 6.08. The highest BCUT2D eigenvalue weighted by Crippen LogP contribution is 2.15. The summed E-state index contributed by atoms with van der Waals surface area (Å²) >= 11 is 6.08. The number of pyridine rings is 1. The van der Waals surface area contributed by atoms with Crippen LogP contribution in [0.25, 0.3) is 0 Å². The zero-order valence-corrected chi connectivity index (χ0v) is 19.6. The minimum atomic E-state index is 0. The summed E-state index contributed by atoms with van der Waals surface area (Å²) in [4.78, 5) is 13.2. The number of anilines is 1. The molecule has 0 radical (unpaired) electrons. The number of aromatic nitrogens is 2. The molecule has 0 spiro atoms. The first-order valence-electron chi connectivity index (χ1n) is 9.07. The van der Waals surface area contributed by atoms with Gasteiger partial charge >= 0.3 is 0 Å². The number of aryl methyl sites for hydroxylation is 1. The Morgan fingerprint density at radius 1 is 1.36 bits per heavy atom. The normalized spacial score (nSPS) is 14.6. The zero-order valence-electron chi connectivity index (χ0n) is 16.6. The fourth-order valence-electron chi connectivity index (χ4n) is 3.14. The number of hydrogen-bond donors (Lipinski definition) is 1. The molecule has 7 nitrogen and oxygen atoms in total. The monoisotopic (exact) mass is 518 g/mol.